The second kappa shape index (κ2) is 6.93. The summed E-state index contributed by atoms with van der Waals surface area (Å²) in [6.45, 7) is 0.554. The van der Waals surface area contributed by atoms with Crippen molar-refractivity contribution in [2.45, 2.75) is 16.8 Å². The molecule has 6 heteroatoms. The number of alkyl halides is 1. The molecule has 0 amide bonds. The Morgan fingerprint density at radius 3 is 2.69 bits per heavy atom. The van der Waals surface area contributed by atoms with Gasteiger partial charge < -0.3 is 16.2 Å². The van der Waals surface area contributed by atoms with Crippen LogP contribution in [0.3, 0.4) is 0 Å². The minimum absolute atomic E-state index is 0.0862. The van der Waals surface area contributed by atoms with Crippen molar-refractivity contribution in [1.82, 2.24) is 0 Å². The molecule has 0 bridgehead atoms. The highest BCUT2D eigenvalue weighted by Gasteiger charge is 2.13. The number of esters is 1. The summed E-state index contributed by atoms with van der Waals surface area (Å²) in [4.78, 5) is 14.7. The fourth-order valence-corrected chi connectivity index (χ4v) is 1.42. The standard InChI is InChI=1S/C7H14IN3O2/c1-13-6(12)5(8)3-2-4-11-7(9)10/h5H,2-4H2,1H3,(H4,9,10,11). The first-order valence-electron chi connectivity index (χ1n) is 3.85. The molecule has 0 aliphatic carbocycles. The molecule has 0 aliphatic rings. The van der Waals surface area contributed by atoms with Crippen molar-refractivity contribution >= 4 is 34.5 Å². The minimum atomic E-state index is -0.203. The molecule has 1 atom stereocenters. The largest absolute Gasteiger partial charge is 0.468 e. The molecule has 0 fully saturated rings. The van der Waals surface area contributed by atoms with Gasteiger partial charge >= 0.3 is 5.97 Å². The molecule has 0 heterocycles. The van der Waals surface area contributed by atoms with Gasteiger partial charge in [0.15, 0.2) is 5.96 Å². The normalized spacial score (nSPS) is 11.8. The number of nitrogens with two attached hydrogens (primary N) is 2. The Bertz CT molecular complexity index is 192. The number of ether oxygens (including phenoxy) is 1. The molecule has 0 aliphatic heterocycles. The average Bonchev–Trinajstić information content (AvgIpc) is 2.10. The highest BCUT2D eigenvalue weighted by Crippen LogP contribution is 2.10. The molecule has 1 unspecified atom stereocenters. The molecule has 5 nitrogen and oxygen atoms in total. The summed E-state index contributed by atoms with van der Waals surface area (Å²) in [6, 6.07) is 0. The van der Waals surface area contributed by atoms with Crippen LogP contribution < -0.4 is 11.5 Å². The zero-order chi connectivity index (χ0) is 10.3. The van der Waals surface area contributed by atoms with Crippen LogP contribution in [-0.2, 0) is 9.53 Å². The average molecular weight is 299 g/mol. The van der Waals surface area contributed by atoms with Gasteiger partial charge in [0.1, 0.15) is 3.92 Å². The van der Waals surface area contributed by atoms with E-state index in [9.17, 15) is 4.79 Å². The van der Waals surface area contributed by atoms with E-state index in [1.165, 1.54) is 7.11 Å². The third kappa shape index (κ3) is 6.62. The number of methoxy groups -OCH3 is 1. The quantitative estimate of drug-likeness (QED) is 0.187. The smallest absolute Gasteiger partial charge is 0.318 e. The first kappa shape index (κ1) is 12.5. The third-order valence-corrected chi connectivity index (χ3v) is 2.50. The highest BCUT2D eigenvalue weighted by molar-refractivity contribution is 14.1. The van der Waals surface area contributed by atoms with Gasteiger partial charge in [-0.3, -0.25) is 9.79 Å². The van der Waals surface area contributed by atoms with Gasteiger partial charge in [0.05, 0.1) is 7.11 Å². The van der Waals surface area contributed by atoms with Gasteiger partial charge in [-0.1, -0.05) is 22.6 Å². The van der Waals surface area contributed by atoms with E-state index >= 15 is 0 Å². The van der Waals surface area contributed by atoms with Crippen molar-refractivity contribution in [2.24, 2.45) is 16.5 Å². The number of halogens is 1. The number of carbonyl (C=O) groups is 1. The maximum Gasteiger partial charge on any atom is 0.318 e. The molecule has 76 valence electrons. The SMILES string of the molecule is COC(=O)C(I)CCCN=C(N)N. The summed E-state index contributed by atoms with van der Waals surface area (Å²) in [5, 5.41) is 0. The van der Waals surface area contributed by atoms with Gasteiger partial charge in [0.25, 0.3) is 0 Å². The predicted molar refractivity (Wildman–Crippen MR) is 59.7 cm³/mol. The van der Waals surface area contributed by atoms with E-state index in [0.717, 1.165) is 12.8 Å². The molecule has 0 aromatic heterocycles. The van der Waals surface area contributed by atoms with Crippen molar-refractivity contribution in [3.8, 4) is 0 Å². The lowest BCUT2D eigenvalue weighted by Crippen LogP contribution is -2.23. The zero-order valence-corrected chi connectivity index (χ0v) is 9.65. The van der Waals surface area contributed by atoms with E-state index in [1.807, 2.05) is 22.6 Å². The van der Waals surface area contributed by atoms with Gasteiger partial charge in [0.2, 0.25) is 0 Å². The number of aliphatic imine (C=N–C) groups is 1. The topological polar surface area (TPSA) is 90.7 Å². The van der Waals surface area contributed by atoms with Crippen LogP contribution in [0.15, 0.2) is 4.99 Å². The Morgan fingerprint density at radius 1 is 1.62 bits per heavy atom. The molecule has 4 N–H and O–H groups in total. The van der Waals surface area contributed by atoms with Crippen LogP contribution in [0.5, 0.6) is 0 Å². The van der Waals surface area contributed by atoms with E-state index in [1.54, 1.807) is 0 Å². The lowest BCUT2D eigenvalue weighted by atomic mass is 10.2. The molecule has 0 saturated heterocycles. The van der Waals surface area contributed by atoms with Crippen LogP contribution in [0.1, 0.15) is 12.8 Å². The Balaban J connectivity index is 3.53. The van der Waals surface area contributed by atoms with Crippen molar-refractivity contribution in [2.75, 3.05) is 13.7 Å². The fraction of sp³-hybridized carbons (Fsp3) is 0.714. The van der Waals surface area contributed by atoms with Gasteiger partial charge in [-0.2, -0.15) is 0 Å². The van der Waals surface area contributed by atoms with Crippen molar-refractivity contribution in [3.05, 3.63) is 0 Å². The summed E-state index contributed by atoms with van der Waals surface area (Å²) >= 11 is 2.04. The van der Waals surface area contributed by atoms with Gasteiger partial charge in [-0.05, 0) is 12.8 Å². The van der Waals surface area contributed by atoms with E-state index in [0.29, 0.717) is 6.54 Å². The van der Waals surface area contributed by atoms with E-state index in [-0.39, 0.29) is 15.9 Å². The molecule has 0 rings (SSSR count). The van der Waals surface area contributed by atoms with Gasteiger partial charge in [0, 0.05) is 6.54 Å². The fourth-order valence-electron chi connectivity index (χ4n) is 0.724. The molecule has 0 aromatic rings. The first-order chi connectivity index (χ1) is 6.07. The van der Waals surface area contributed by atoms with E-state index in [2.05, 4.69) is 9.73 Å². The Labute approximate surface area is 91.0 Å². The number of carbonyl (C=O) groups excluding carboxylic acids is 1. The van der Waals surface area contributed by atoms with Crippen LogP contribution in [0.25, 0.3) is 0 Å². The second-order valence-electron chi connectivity index (χ2n) is 2.44. The molecule has 0 aromatic carbocycles. The van der Waals surface area contributed by atoms with E-state index in [4.69, 9.17) is 11.5 Å². The number of guanidine groups is 1. The maximum absolute atomic E-state index is 10.9. The van der Waals surface area contributed by atoms with Crippen molar-refractivity contribution < 1.29 is 9.53 Å². The van der Waals surface area contributed by atoms with Crippen LogP contribution in [0.2, 0.25) is 0 Å². The second-order valence-corrected chi connectivity index (χ2v) is 3.94. The number of hydrogen-bond donors (Lipinski definition) is 2. The molecule has 0 radical (unpaired) electrons. The minimum Gasteiger partial charge on any atom is -0.468 e. The summed E-state index contributed by atoms with van der Waals surface area (Å²) in [7, 11) is 1.38. The van der Waals surface area contributed by atoms with Crippen LogP contribution in [0.4, 0.5) is 0 Å². The molecule has 13 heavy (non-hydrogen) atoms. The van der Waals surface area contributed by atoms with Gasteiger partial charge in [-0.25, -0.2) is 0 Å². The number of nitrogens with zero attached hydrogens (tertiary/aromatic N) is 1. The van der Waals surface area contributed by atoms with E-state index < -0.39 is 0 Å². The summed E-state index contributed by atoms with van der Waals surface area (Å²) in [6.07, 6.45) is 1.50. The molecular weight excluding hydrogens is 285 g/mol. The zero-order valence-electron chi connectivity index (χ0n) is 7.50. The van der Waals surface area contributed by atoms with Crippen LogP contribution in [0, 0.1) is 0 Å². The Morgan fingerprint density at radius 2 is 2.23 bits per heavy atom. The van der Waals surface area contributed by atoms with Crippen molar-refractivity contribution in [3.63, 3.8) is 0 Å². The van der Waals surface area contributed by atoms with Crippen LogP contribution >= 0.6 is 22.6 Å². The number of hydrogen-bond acceptors (Lipinski definition) is 3. The highest BCUT2D eigenvalue weighted by atomic mass is 127. The lowest BCUT2D eigenvalue weighted by Gasteiger charge is -2.05. The van der Waals surface area contributed by atoms with Crippen molar-refractivity contribution in [1.29, 1.82) is 0 Å². The van der Waals surface area contributed by atoms with Crippen LogP contribution in [-0.4, -0.2) is 29.5 Å². The predicted octanol–water partition coefficient (Wildman–Crippen LogP) is 0.0166. The summed E-state index contributed by atoms with van der Waals surface area (Å²) in [5.41, 5.74) is 10.3. The monoisotopic (exact) mass is 299 g/mol. The lowest BCUT2D eigenvalue weighted by molar-refractivity contribution is -0.139. The molecular formula is C7H14IN3O2. The molecule has 0 spiro atoms. The Hall–Kier alpha value is -0.530. The molecule has 0 saturated carbocycles. The van der Waals surface area contributed by atoms with Gasteiger partial charge in [-0.15, -0.1) is 0 Å². The Kier molecular flexibility index (Phi) is 6.65. The maximum atomic E-state index is 10.9. The summed E-state index contributed by atoms with van der Waals surface area (Å²) < 4.78 is 4.44. The number of rotatable bonds is 5. The first-order valence-corrected chi connectivity index (χ1v) is 5.09. The summed E-state index contributed by atoms with van der Waals surface area (Å²) in [5.74, 6) is -0.117. The third-order valence-electron chi connectivity index (χ3n) is 1.37.